The lowest BCUT2D eigenvalue weighted by Gasteiger charge is -2.34. The minimum absolute atomic E-state index is 0.165. The number of piperidine rings is 1. The lowest BCUT2D eigenvalue weighted by molar-refractivity contribution is 0.237. The van der Waals surface area contributed by atoms with Gasteiger partial charge in [-0.05, 0) is 57.0 Å². The molecule has 2 N–H and O–H groups in total. The van der Waals surface area contributed by atoms with Gasteiger partial charge < -0.3 is 15.4 Å². The van der Waals surface area contributed by atoms with Crippen molar-refractivity contribution < 1.29 is 4.74 Å². The van der Waals surface area contributed by atoms with Crippen molar-refractivity contribution in [1.82, 2.24) is 10.6 Å². The van der Waals surface area contributed by atoms with E-state index in [1.165, 1.54) is 24.0 Å². The maximum absolute atomic E-state index is 5.96. The molecule has 0 spiro atoms. The van der Waals surface area contributed by atoms with Crippen LogP contribution in [-0.4, -0.2) is 18.7 Å². The summed E-state index contributed by atoms with van der Waals surface area (Å²) in [6, 6.07) is 17.6. The summed E-state index contributed by atoms with van der Waals surface area (Å²) in [5, 5.41) is 7.42. The monoisotopic (exact) mass is 356 g/mol. The summed E-state index contributed by atoms with van der Waals surface area (Å²) in [5.74, 6) is 0.945. The molecule has 0 bridgehead atoms. The SMILES string of the molecule is CC(C)Oc1ccc(S)cc1CN[C@H]1CCCN[C@H]1c1ccccc1. The van der Waals surface area contributed by atoms with E-state index in [4.69, 9.17) is 4.74 Å². The number of thiol groups is 1. The molecule has 3 rings (SSSR count). The maximum Gasteiger partial charge on any atom is 0.124 e. The molecule has 0 amide bonds. The average molecular weight is 357 g/mol. The molecule has 4 heteroatoms. The molecule has 1 fully saturated rings. The van der Waals surface area contributed by atoms with Crippen molar-refractivity contribution >= 4 is 12.6 Å². The van der Waals surface area contributed by atoms with E-state index in [0.717, 1.165) is 23.7 Å². The first-order chi connectivity index (χ1) is 12.1. The molecule has 134 valence electrons. The minimum atomic E-state index is 0.165. The van der Waals surface area contributed by atoms with E-state index in [1.807, 2.05) is 12.1 Å². The number of nitrogens with one attached hydrogen (secondary N) is 2. The Morgan fingerprint density at radius 2 is 2.00 bits per heavy atom. The van der Waals surface area contributed by atoms with E-state index in [2.05, 4.69) is 73.5 Å². The van der Waals surface area contributed by atoms with E-state index in [9.17, 15) is 0 Å². The van der Waals surface area contributed by atoms with Crippen LogP contribution in [0.2, 0.25) is 0 Å². The molecule has 1 aliphatic rings. The Bertz CT molecular complexity index is 675. The van der Waals surface area contributed by atoms with E-state index < -0.39 is 0 Å². The van der Waals surface area contributed by atoms with Crippen molar-refractivity contribution in [3.05, 3.63) is 59.7 Å². The summed E-state index contributed by atoms with van der Waals surface area (Å²) in [7, 11) is 0. The van der Waals surface area contributed by atoms with Gasteiger partial charge in [0.25, 0.3) is 0 Å². The van der Waals surface area contributed by atoms with Crippen LogP contribution < -0.4 is 15.4 Å². The molecule has 25 heavy (non-hydrogen) atoms. The summed E-state index contributed by atoms with van der Waals surface area (Å²) in [4.78, 5) is 0.967. The smallest absolute Gasteiger partial charge is 0.124 e. The fourth-order valence-corrected chi connectivity index (χ4v) is 3.66. The van der Waals surface area contributed by atoms with E-state index >= 15 is 0 Å². The van der Waals surface area contributed by atoms with Crippen LogP contribution in [0, 0.1) is 0 Å². The molecule has 1 aliphatic heterocycles. The molecular formula is C21H28N2OS. The van der Waals surface area contributed by atoms with Crippen molar-refractivity contribution in [1.29, 1.82) is 0 Å². The molecular weight excluding hydrogens is 328 g/mol. The predicted molar refractivity (Wildman–Crippen MR) is 107 cm³/mol. The van der Waals surface area contributed by atoms with Crippen LogP contribution in [-0.2, 0) is 6.54 Å². The number of benzene rings is 2. The maximum atomic E-state index is 5.96. The van der Waals surface area contributed by atoms with Gasteiger partial charge in [-0.15, -0.1) is 12.6 Å². The number of hydrogen-bond acceptors (Lipinski definition) is 4. The van der Waals surface area contributed by atoms with Crippen molar-refractivity contribution in [2.75, 3.05) is 6.54 Å². The van der Waals surface area contributed by atoms with Crippen LogP contribution in [0.25, 0.3) is 0 Å². The van der Waals surface area contributed by atoms with Crippen LogP contribution in [0.15, 0.2) is 53.4 Å². The highest BCUT2D eigenvalue weighted by atomic mass is 32.1. The summed E-state index contributed by atoms with van der Waals surface area (Å²) in [5.41, 5.74) is 2.51. The van der Waals surface area contributed by atoms with E-state index in [-0.39, 0.29) is 6.10 Å². The molecule has 2 aromatic rings. The molecule has 0 aromatic heterocycles. The van der Waals surface area contributed by atoms with Gasteiger partial charge in [-0.3, -0.25) is 0 Å². The Kier molecular flexibility index (Phi) is 6.40. The minimum Gasteiger partial charge on any atom is -0.491 e. The summed E-state index contributed by atoms with van der Waals surface area (Å²) >= 11 is 4.49. The Morgan fingerprint density at radius 3 is 2.76 bits per heavy atom. The van der Waals surface area contributed by atoms with Gasteiger partial charge in [-0.2, -0.15) is 0 Å². The fraction of sp³-hybridized carbons (Fsp3) is 0.429. The molecule has 0 unspecified atom stereocenters. The Labute approximate surface area is 156 Å². The van der Waals surface area contributed by atoms with Crippen molar-refractivity contribution in [2.24, 2.45) is 0 Å². The van der Waals surface area contributed by atoms with Crippen molar-refractivity contribution in [3.8, 4) is 5.75 Å². The zero-order valence-electron chi connectivity index (χ0n) is 15.0. The second kappa shape index (κ2) is 8.75. The number of ether oxygens (including phenoxy) is 1. The topological polar surface area (TPSA) is 33.3 Å². The normalized spacial score (nSPS) is 20.6. The lowest BCUT2D eigenvalue weighted by atomic mass is 9.92. The van der Waals surface area contributed by atoms with E-state index in [0.29, 0.717) is 12.1 Å². The first-order valence-electron chi connectivity index (χ1n) is 9.14. The Hall–Kier alpha value is -1.49. The van der Waals surface area contributed by atoms with Gasteiger partial charge in [-0.1, -0.05) is 30.3 Å². The van der Waals surface area contributed by atoms with Gasteiger partial charge in [0.05, 0.1) is 6.10 Å². The molecule has 2 aromatic carbocycles. The first kappa shape index (κ1) is 18.3. The summed E-state index contributed by atoms with van der Waals surface area (Å²) in [6.45, 7) is 5.97. The molecule has 1 saturated heterocycles. The van der Waals surface area contributed by atoms with Gasteiger partial charge in [-0.25, -0.2) is 0 Å². The standard InChI is InChI=1S/C21H28N2OS/c1-15(2)24-20-11-10-18(25)13-17(20)14-23-19-9-6-12-22-21(19)16-7-4-3-5-8-16/h3-5,7-8,10-11,13,15,19,21-23,25H,6,9,12,14H2,1-2H3/t19-,21-/m0/s1. The highest BCUT2D eigenvalue weighted by molar-refractivity contribution is 7.80. The number of hydrogen-bond donors (Lipinski definition) is 3. The molecule has 0 saturated carbocycles. The molecule has 0 radical (unpaired) electrons. The van der Waals surface area contributed by atoms with Gasteiger partial charge in [0, 0.05) is 29.1 Å². The third kappa shape index (κ3) is 5.00. The second-order valence-corrected chi connectivity index (χ2v) is 7.45. The van der Waals surface area contributed by atoms with Crippen molar-refractivity contribution in [2.45, 2.75) is 56.3 Å². The quantitative estimate of drug-likeness (QED) is 0.673. The van der Waals surface area contributed by atoms with Gasteiger partial charge in [0.2, 0.25) is 0 Å². The molecule has 1 heterocycles. The zero-order valence-corrected chi connectivity index (χ0v) is 15.9. The highest BCUT2D eigenvalue weighted by Crippen LogP contribution is 2.26. The summed E-state index contributed by atoms with van der Waals surface area (Å²) < 4.78 is 5.96. The lowest BCUT2D eigenvalue weighted by Crippen LogP contribution is -2.45. The van der Waals surface area contributed by atoms with Gasteiger partial charge >= 0.3 is 0 Å². The van der Waals surface area contributed by atoms with E-state index in [1.54, 1.807) is 0 Å². The van der Waals surface area contributed by atoms with Crippen LogP contribution in [0.3, 0.4) is 0 Å². The Morgan fingerprint density at radius 1 is 1.20 bits per heavy atom. The largest absolute Gasteiger partial charge is 0.491 e. The molecule has 3 nitrogen and oxygen atoms in total. The van der Waals surface area contributed by atoms with Gasteiger partial charge in [0.1, 0.15) is 5.75 Å². The van der Waals surface area contributed by atoms with Gasteiger partial charge in [0.15, 0.2) is 0 Å². The summed E-state index contributed by atoms with van der Waals surface area (Å²) in [6.07, 6.45) is 2.54. The fourth-order valence-electron chi connectivity index (χ4n) is 3.43. The van der Waals surface area contributed by atoms with Crippen LogP contribution in [0.4, 0.5) is 0 Å². The molecule has 2 atom stereocenters. The average Bonchev–Trinajstić information content (AvgIpc) is 2.62. The highest BCUT2D eigenvalue weighted by Gasteiger charge is 2.25. The number of rotatable bonds is 6. The second-order valence-electron chi connectivity index (χ2n) is 6.93. The van der Waals surface area contributed by atoms with Crippen LogP contribution in [0.1, 0.15) is 43.9 Å². The molecule has 0 aliphatic carbocycles. The predicted octanol–water partition coefficient (Wildman–Crippen LogP) is 4.35. The van der Waals surface area contributed by atoms with Crippen LogP contribution >= 0.6 is 12.6 Å². The third-order valence-corrected chi connectivity index (χ3v) is 4.86. The third-order valence-electron chi connectivity index (χ3n) is 4.58. The van der Waals surface area contributed by atoms with Crippen LogP contribution in [0.5, 0.6) is 5.75 Å². The first-order valence-corrected chi connectivity index (χ1v) is 9.58. The Balaban J connectivity index is 1.72. The van der Waals surface area contributed by atoms with Crippen molar-refractivity contribution in [3.63, 3.8) is 0 Å². The zero-order chi connectivity index (χ0) is 17.6.